The molecule has 0 bridgehead atoms. The SMILES string of the molecule is CCC1CCCCC1OC(CN)c1ccc(Br)cc1. The molecule has 1 saturated carbocycles. The molecule has 2 N–H and O–H groups in total. The maximum absolute atomic E-state index is 6.33. The number of halogens is 1. The quantitative estimate of drug-likeness (QED) is 0.868. The van der Waals surface area contributed by atoms with Gasteiger partial charge in [0.2, 0.25) is 0 Å². The van der Waals surface area contributed by atoms with Gasteiger partial charge in [0.05, 0.1) is 12.2 Å². The highest BCUT2D eigenvalue weighted by Gasteiger charge is 2.27. The van der Waals surface area contributed by atoms with Crippen LogP contribution in [0, 0.1) is 5.92 Å². The lowest BCUT2D eigenvalue weighted by molar-refractivity contribution is -0.0586. The summed E-state index contributed by atoms with van der Waals surface area (Å²) < 4.78 is 7.42. The number of nitrogens with two attached hydrogens (primary N) is 1. The second kappa shape index (κ2) is 7.41. The fourth-order valence-electron chi connectivity index (χ4n) is 2.98. The fraction of sp³-hybridized carbons (Fsp3) is 0.625. The van der Waals surface area contributed by atoms with E-state index in [1.165, 1.54) is 37.7 Å². The highest BCUT2D eigenvalue weighted by Crippen LogP contribution is 2.32. The lowest BCUT2D eigenvalue weighted by Crippen LogP contribution is -2.31. The predicted molar refractivity (Wildman–Crippen MR) is 83.1 cm³/mol. The Balaban J connectivity index is 2.03. The average Bonchev–Trinajstić information content (AvgIpc) is 2.46. The standard InChI is InChI=1S/C16H24BrNO/c1-2-12-5-3-4-6-15(12)19-16(11-18)13-7-9-14(17)10-8-13/h7-10,12,15-16H,2-6,11,18H2,1H3. The van der Waals surface area contributed by atoms with Crippen molar-refractivity contribution in [1.29, 1.82) is 0 Å². The number of hydrogen-bond acceptors (Lipinski definition) is 2. The Morgan fingerprint density at radius 2 is 1.95 bits per heavy atom. The van der Waals surface area contributed by atoms with E-state index in [1.807, 2.05) is 0 Å². The van der Waals surface area contributed by atoms with Crippen LogP contribution in [0.2, 0.25) is 0 Å². The molecule has 0 heterocycles. The van der Waals surface area contributed by atoms with Gasteiger partial charge in [-0.25, -0.2) is 0 Å². The van der Waals surface area contributed by atoms with Crippen LogP contribution in [0.3, 0.4) is 0 Å². The van der Waals surface area contributed by atoms with Gasteiger partial charge in [0.25, 0.3) is 0 Å². The molecule has 3 heteroatoms. The number of hydrogen-bond donors (Lipinski definition) is 1. The first-order chi connectivity index (χ1) is 9.24. The highest BCUT2D eigenvalue weighted by molar-refractivity contribution is 9.10. The molecule has 0 saturated heterocycles. The van der Waals surface area contributed by atoms with E-state index in [9.17, 15) is 0 Å². The first-order valence-corrected chi connectivity index (χ1v) is 8.15. The Morgan fingerprint density at radius 3 is 2.58 bits per heavy atom. The minimum absolute atomic E-state index is 0.0326. The van der Waals surface area contributed by atoms with E-state index in [-0.39, 0.29) is 6.10 Å². The molecule has 0 spiro atoms. The third kappa shape index (κ3) is 4.04. The average molecular weight is 326 g/mol. The van der Waals surface area contributed by atoms with E-state index in [0.717, 1.165) is 4.47 Å². The van der Waals surface area contributed by atoms with Gasteiger partial charge in [-0.1, -0.05) is 54.2 Å². The van der Waals surface area contributed by atoms with Crippen molar-refractivity contribution in [2.75, 3.05) is 6.54 Å². The largest absolute Gasteiger partial charge is 0.369 e. The van der Waals surface area contributed by atoms with Gasteiger partial charge in [0, 0.05) is 11.0 Å². The molecule has 19 heavy (non-hydrogen) atoms. The Kier molecular flexibility index (Phi) is 5.86. The number of benzene rings is 1. The molecule has 106 valence electrons. The summed E-state index contributed by atoms with van der Waals surface area (Å²) >= 11 is 3.46. The molecule has 1 fully saturated rings. The molecule has 2 rings (SSSR count). The predicted octanol–water partition coefficient (Wildman–Crippen LogP) is 4.43. The van der Waals surface area contributed by atoms with Crippen LogP contribution in [0.1, 0.15) is 50.7 Å². The Morgan fingerprint density at radius 1 is 1.26 bits per heavy atom. The molecule has 3 unspecified atom stereocenters. The second-order valence-corrected chi connectivity index (χ2v) is 6.32. The Labute approximate surface area is 124 Å². The summed E-state index contributed by atoms with van der Waals surface area (Å²) in [5.74, 6) is 0.707. The summed E-state index contributed by atoms with van der Waals surface area (Å²) in [7, 11) is 0. The normalized spacial score (nSPS) is 25.2. The molecule has 1 aromatic rings. The van der Waals surface area contributed by atoms with E-state index in [2.05, 4.69) is 47.1 Å². The van der Waals surface area contributed by atoms with E-state index in [1.54, 1.807) is 0 Å². The zero-order valence-electron chi connectivity index (χ0n) is 11.6. The van der Waals surface area contributed by atoms with Crippen LogP contribution < -0.4 is 5.73 Å². The summed E-state index contributed by atoms with van der Waals surface area (Å²) in [4.78, 5) is 0. The molecule has 2 nitrogen and oxygen atoms in total. The lowest BCUT2D eigenvalue weighted by Gasteiger charge is -2.33. The topological polar surface area (TPSA) is 35.2 Å². The van der Waals surface area contributed by atoms with Crippen LogP contribution in [-0.4, -0.2) is 12.6 Å². The highest BCUT2D eigenvalue weighted by atomic mass is 79.9. The van der Waals surface area contributed by atoms with Gasteiger partial charge < -0.3 is 10.5 Å². The maximum Gasteiger partial charge on any atom is 0.0950 e. The van der Waals surface area contributed by atoms with E-state index >= 15 is 0 Å². The van der Waals surface area contributed by atoms with Crippen LogP contribution in [-0.2, 0) is 4.74 Å². The van der Waals surface area contributed by atoms with Gasteiger partial charge >= 0.3 is 0 Å². The van der Waals surface area contributed by atoms with Gasteiger partial charge in [-0.2, -0.15) is 0 Å². The van der Waals surface area contributed by atoms with Crippen molar-refractivity contribution in [2.45, 2.75) is 51.2 Å². The monoisotopic (exact) mass is 325 g/mol. The smallest absolute Gasteiger partial charge is 0.0950 e. The van der Waals surface area contributed by atoms with Gasteiger partial charge in [0.15, 0.2) is 0 Å². The Bertz CT molecular complexity index is 379. The zero-order valence-corrected chi connectivity index (χ0v) is 13.2. The Hall–Kier alpha value is -0.380. The van der Waals surface area contributed by atoms with Gasteiger partial charge in [-0.05, 0) is 36.5 Å². The van der Waals surface area contributed by atoms with Crippen molar-refractivity contribution in [3.8, 4) is 0 Å². The molecular formula is C16H24BrNO. The summed E-state index contributed by atoms with van der Waals surface area (Å²) in [6.45, 7) is 2.82. The van der Waals surface area contributed by atoms with Crippen molar-refractivity contribution >= 4 is 15.9 Å². The van der Waals surface area contributed by atoms with Crippen LogP contribution in [0.15, 0.2) is 28.7 Å². The summed E-state index contributed by atoms with van der Waals surface area (Å²) in [6, 6.07) is 8.32. The number of ether oxygens (including phenoxy) is 1. The molecule has 0 amide bonds. The van der Waals surface area contributed by atoms with Crippen molar-refractivity contribution in [3.05, 3.63) is 34.3 Å². The van der Waals surface area contributed by atoms with Gasteiger partial charge in [0.1, 0.15) is 0 Å². The molecule has 0 radical (unpaired) electrons. The molecule has 1 aliphatic carbocycles. The van der Waals surface area contributed by atoms with E-state index < -0.39 is 0 Å². The summed E-state index contributed by atoms with van der Waals surface area (Å²) in [5.41, 5.74) is 7.10. The van der Waals surface area contributed by atoms with E-state index in [0.29, 0.717) is 18.6 Å². The molecule has 1 aromatic carbocycles. The van der Waals surface area contributed by atoms with Gasteiger partial charge in [-0.3, -0.25) is 0 Å². The fourth-order valence-corrected chi connectivity index (χ4v) is 3.24. The van der Waals surface area contributed by atoms with Crippen LogP contribution in [0.4, 0.5) is 0 Å². The minimum Gasteiger partial charge on any atom is -0.369 e. The molecule has 0 aromatic heterocycles. The first kappa shape index (κ1) is 15.0. The third-order valence-corrected chi connectivity index (χ3v) is 4.69. The maximum atomic E-state index is 6.33. The minimum atomic E-state index is 0.0326. The van der Waals surface area contributed by atoms with Crippen molar-refractivity contribution in [2.24, 2.45) is 11.7 Å². The first-order valence-electron chi connectivity index (χ1n) is 7.35. The van der Waals surface area contributed by atoms with Crippen molar-refractivity contribution < 1.29 is 4.74 Å². The third-order valence-electron chi connectivity index (χ3n) is 4.16. The number of rotatable bonds is 5. The lowest BCUT2D eigenvalue weighted by atomic mass is 9.84. The van der Waals surface area contributed by atoms with Crippen molar-refractivity contribution in [1.82, 2.24) is 0 Å². The van der Waals surface area contributed by atoms with Crippen LogP contribution in [0.5, 0.6) is 0 Å². The van der Waals surface area contributed by atoms with Crippen molar-refractivity contribution in [3.63, 3.8) is 0 Å². The summed E-state index contributed by atoms with van der Waals surface area (Å²) in [5, 5.41) is 0. The molecule has 3 atom stereocenters. The van der Waals surface area contributed by atoms with Crippen LogP contribution >= 0.6 is 15.9 Å². The molecule has 1 aliphatic rings. The zero-order chi connectivity index (χ0) is 13.7. The molecular weight excluding hydrogens is 302 g/mol. The van der Waals surface area contributed by atoms with Crippen LogP contribution in [0.25, 0.3) is 0 Å². The molecule has 0 aliphatic heterocycles. The van der Waals surface area contributed by atoms with Gasteiger partial charge in [-0.15, -0.1) is 0 Å². The second-order valence-electron chi connectivity index (χ2n) is 5.40. The van der Waals surface area contributed by atoms with E-state index in [4.69, 9.17) is 10.5 Å². The summed E-state index contributed by atoms with van der Waals surface area (Å²) in [6.07, 6.45) is 6.76.